The fourth-order valence-electron chi connectivity index (χ4n) is 3.05. The van der Waals surface area contributed by atoms with Crippen molar-refractivity contribution in [1.82, 2.24) is 4.90 Å². The highest BCUT2D eigenvalue weighted by Gasteiger charge is 2.29. The van der Waals surface area contributed by atoms with Crippen LogP contribution in [0.2, 0.25) is 0 Å². The third kappa shape index (κ3) is 3.39. The molecule has 2 aliphatic heterocycles. The van der Waals surface area contributed by atoms with Gasteiger partial charge in [0.1, 0.15) is 18.2 Å². The van der Waals surface area contributed by atoms with E-state index in [9.17, 15) is 4.79 Å². The number of hydrogen-bond donors (Lipinski definition) is 2. The number of ether oxygens (including phenoxy) is 1. The highest BCUT2D eigenvalue weighted by molar-refractivity contribution is 7.99. The van der Waals surface area contributed by atoms with Crippen LogP contribution in [0.1, 0.15) is 38.2 Å². The van der Waals surface area contributed by atoms with Crippen LogP contribution in [-0.4, -0.2) is 35.8 Å². The molecule has 1 aromatic rings. The maximum atomic E-state index is 12.2. The number of rotatable bonds is 5. The van der Waals surface area contributed by atoms with Crippen LogP contribution in [-0.2, 0) is 4.79 Å². The lowest BCUT2D eigenvalue weighted by atomic mass is 10.1. The van der Waals surface area contributed by atoms with Crippen LogP contribution in [0.15, 0.2) is 22.6 Å². The molecule has 1 atom stereocenters. The number of amides is 1. The van der Waals surface area contributed by atoms with Gasteiger partial charge in [-0.1, -0.05) is 13.0 Å². The van der Waals surface area contributed by atoms with Crippen LogP contribution in [0.4, 0.5) is 5.69 Å². The second-order valence-corrected chi connectivity index (χ2v) is 6.36. The minimum atomic E-state index is 0.147. The summed E-state index contributed by atoms with van der Waals surface area (Å²) in [4.78, 5) is 14.1. The summed E-state index contributed by atoms with van der Waals surface area (Å²) < 4.78 is 13.3. The van der Waals surface area contributed by atoms with Gasteiger partial charge in [-0.2, -0.15) is 4.40 Å². The van der Waals surface area contributed by atoms with E-state index in [1.807, 2.05) is 30.0 Å². The first kappa shape index (κ1) is 16.0. The van der Waals surface area contributed by atoms with Gasteiger partial charge in [0.15, 0.2) is 0 Å². The molecule has 0 spiro atoms. The summed E-state index contributed by atoms with van der Waals surface area (Å²) in [5, 5.41) is 0. The van der Waals surface area contributed by atoms with Gasteiger partial charge in [0, 0.05) is 13.0 Å². The van der Waals surface area contributed by atoms with Gasteiger partial charge in [-0.3, -0.25) is 4.79 Å². The molecule has 1 saturated heterocycles. The summed E-state index contributed by atoms with van der Waals surface area (Å²) in [7, 11) is 0. The molecule has 6 nitrogen and oxygen atoms in total. The molecule has 0 saturated carbocycles. The van der Waals surface area contributed by atoms with E-state index in [0.717, 1.165) is 37.1 Å². The molecule has 7 heteroatoms. The average Bonchev–Trinajstić information content (AvgIpc) is 3.02. The fraction of sp³-hybridized carbons (Fsp3) is 0.500. The standard InChI is InChI=1S/C16H22N4O2S/c1-2-5-14(21)20-9-4-6-11(20)10-22-13-8-3-7-12-15(13)16(17)19-23-18-12/h3,7-8,11,18H,2,4-6,9-10H2,1H3,(H2,17,19)/t11-/m1/s1. The minimum Gasteiger partial charge on any atom is -0.491 e. The van der Waals surface area contributed by atoms with Gasteiger partial charge in [0.05, 0.1) is 29.4 Å². The van der Waals surface area contributed by atoms with E-state index in [1.54, 1.807) is 0 Å². The number of nitrogens with one attached hydrogen (secondary N) is 1. The van der Waals surface area contributed by atoms with Crippen molar-refractivity contribution in [3.63, 3.8) is 0 Å². The molecule has 124 valence electrons. The van der Waals surface area contributed by atoms with E-state index in [0.29, 0.717) is 24.6 Å². The Kier molecular flexibility index (Phi) is 4.95. The molecule has 1 fully saturated rings. The zero-order valence-corrected chi connectivity index (χ0v) is 14.1. The van der Waals surface area contributed by atoms with Gasteiger partial charge >= 0.3 is 0 Å². The van der Waals surface area contributed by atoms with E-state index >= 15 is 0 Å². The van der Waals surface area contributed by atoms with Gasteiger partial charge in [0.25, 0.3) is 0 Å². The Morgan fingerprint density at radius 3 is 3.26 bits per heavy atom. The predicted molar refractivity (Wildman–Crippen MR) is 93.5 cm³/mol. The first-order valence-corrected chi connectivity index (χ1v) is 8.79. The quantitative estimate of drug-likeness (QED) is 0.809. The molecule has 3 rings (SSSR count). The van der Waals surface area contributed by atoms with Crippen LogP contribution in [0.5, 0.6) is 5.75 Å². The maximum absolute atomic E-state index is 12.2. The first-order valence-electron chi connectivity index (χ1n) is 8.02. The molecule has 2 heterocycles. The summed E-state index contributed by atoms with van der Waals surface area (Å²) in [6.45, 7) is 3.36. The Morgan fingerprint density at radius 2 is 2.43 bits per heavy atom. The van der Waals surface area contributed by atoms with Gasteiger partial charge in [-0.05, 0) is 31.4 Å². The molecular formula is C16H22N4O2S. The molecule has 0 radical (unpaired) electrons. The summed E-state index contributed by atoms with van der Waals surface area (Å²) >= 11 is 1.21. The van der Waals surface area contributed by atoms with Crippen molar-refractivity contribution in [3.8, 4) is 5.75 Å². The number of fused-ring (bicyclic) bond motifs is 1. The highest BCUT2D eigenvalue weighted by atomic mass is 32.2. The minimum absolute atomic E-state index is 0.147. The molecule has 23 heavy (non-hydrogen) atoms. The van der Waals surface area contributed by atoms with Crippen molar-refractivity contribution in [1.29, 1.82) is 0 Å². The summed E-state index contributed by atoms with van der Waals surface area (Å²) in [5.41, 5.74) is 7.70. The monoisotopic (exact) mass is 334 g/mol. The molecule has 0 aromatic heterocycles. The van der Waals surface area contributed by atoms with E-state index in [1.165, 1.54) is 12.1 Å². The van der Waals surface area contributed by atoms with Crippen molar-refractivity contribution in [3.05, 3.63) is 23.8 Å². The molecule has 1 aromatic carbocycles. The second kappa shape index (κ2) is 7.12. The largest absolute Gasteiger partial charge is 0.491 e. The Bertz CT molecular complexity index is 620. The van der Waals surface area contributed by atoms with Crippen molar-refractivity contribution in [2.24, 2.45) is 10.1 Å². The zero-order chi connectivity index (χ0) is 16.2. The van der Waals surface area contributed by atoms with Crippen LogP contribution < -0.4 is 15.2 Å². The molecule has 1 amide bonds. The maximum Gasteiger partial charge on any atom is 0.222 e. The number of benzene rings is 1. The van der Waals surface area contributed by atoms with Gasteiger partial charge in [0.2, 0.25) is 5.91 Å². The molecule has 2 aliphatic rings. The van der Waals surface area contributed by atoms with Crippen molar-refractivity contribution in [2.75, 3.05) is 17.9 Å². The lowest BCUT2D eigenvalue weighted by molar-refractivity contribution is -0.132. The number of amidine groups is 1. The third-order valence-electron chi connectivity index (χ3n) is 4.17. The smallest absolute Gasteiger partial charge is 0.222 e. The predicted octanol–water partition coefficient (Wildman–Crippen LogP) is 2.55. The van der Waals surface area contributed by atoms with E-state index in [2.05, 4.69) is 9.12 Å². The number of nitrogens with two attached hydrogens (primary N) is 1. The average molecular weight is 334 g/mol. The Morgan fingerprint density at radius 1 is 1.57 bits per heavy atom. The zero-order valence-electron chi connectivity index (χ0n) is 13.2. The molecule has 0 aliphatic carbocycles. The third-order valence-corrected chi connectivity index (χ3v) is 4.77. The van der Waals surface area contributed by atoms with Gasteiger partial charge in [-0.25, -0.2) is 0 Å². The normalized spacial score (nSPS) is 19.8. The Balaban J connectivity index is 1.70. The number of hydrogen-bond acceptors (Lipinski definition) is 6. The van der Waals surface area contributed by atoms with Crippen molar-refractivity contribution >= 4 is 29.6 Å². The SMILES string of the molecule is CCCC(=O)N1CCC[C@@H]1COc1cccc2c1C(N)=NSN2. The van der Waals surface area contributed by atoms with Crippen molar-refractivity contribution in [2.45, 2.75) is 38.6 Å². The van der Waals surface area contributed by atoms with E-state index in [-0.39, 0.29) is 11.9 Å². The van der Waals surface area contributed by atoms with Crippen LogP contribution in [0.3, 0.4) is 0 Å². The first-order chi connectivity index (χ1) is 11.2. The van der Waals surface area contributed by atoms with Gasteiger partial charge in [-0.15, -0.1) is 0 Å². The molecule has 0 unspecified atom stereocenters. The topological polar surface area (TPSA) is 80.0 Å². The Hall–Kier alpha value is -1.89. The van der Waals surface area contributed by atoms with E-state index < -0.39 is 0 Å². The fourth-order valence-corrected chi connectivity index (χ4v) is 3.55. The Labute approximate surface area is 140 Å². The summed E-state index contributed by atoms with van der Waals surface area (Å²) in [6, 6.07) is 5.92. The van der Waals surface area contributed by atoms with Crippen LogP contribution in [0, 0.1) is 0 Å². The number of likely N-dealkylation sites (tertiary alicyclic amines) is 1. The lowest BCUT2D eigenvalue weighted by Crippen LogP contribution is -2.39. The number of anilines is 1. The molecular weight excluding hydrogens is 312 g/mol. The number of nitrogens with zero attached hydrogens (tertiary/aromatic N) is 2. The van der Waals surface area contributed by atoms with Crippen molar-refractivity contribution < 1.29 is 9.53 Å². The second-order valence-electron chi connectivity index (χ2n) is 5.79. The lowest BCUT2D eigenvalue weighted by Gasteiger charge is -2.26. The number of carbonyl (C=O) groups excluding carboxylic acids is 1. The summed E-state index contributed by atoms with van der Waals surface area (Å²) in [6.07, 6.45) is 3.52. The van der Waals surface area contributed by atoms with E-state index in [4.69, 9.17) is 10.5 Å². The van der Waals surface area contributed by atoms with Crippen LogP contribution in [0.25, 0.3) is 0 Å². The molecule has 3 N–H and O–H groups in total. The highest BCUT2D eigenvalue weighted by Crippen LogP contribution is 2.32. The molecule has 0 bridgehead atoms. The van der Waals surface area contributed by atoms with Gasteiger partial charge < -0.3 is 20.1 Å². The number of carbonyl (C=O) groups is 1. The van der Waals surface area contributed by atoms with Crippen LogP contribution >= 0.6 is 12.1 Å². The summed E-state index contributed by atoms with van der Waals surface area (Å²) in [5.74, 6) is 1.41.